The highest BCUT2D eigenvalue weighted by molar-refractivity contribution is 5.76. The maximum absolute atomic E-state index is 12.2. The molecule has 1 amide bonds. The van der Waals surface area contributed by atoms with Crippen LogP contribution in [0.4, 0.5) is 0 Å². The lowest BCUT2D eigenvalue weighted by Gasteiger charge is -2.26. The second kappa shape index (κ2) is 26.4. The quantitative estimate of drug-likeness (QED) is 0.0900. The molecular formula is C30H61NO4. The zero-order valence-electron chi connectivity index (χ0n) is 23.5. The fourth-order valence-electron chi connectivity index (χ4n) is 4.75. The van der Waals surface area contributed by atoms with Crippen LogP contribution >= 0.6 is 0 Å². The number of rotatable bonds is 27. The molecule has 0 aromatic carbocycles. The normalized spacial score (nSPS) is 14.1. The molecule has 4 N–H and O–H groups in total. The first kappa shape index (κ1) is 34.4. The van der Waals surface area contributed by atoms with E-state index >= 15 is 0 Å². The van der Waals surface area contributed by atoms with Crippen LogP contribution in [0.2, 0.25) is 0 Å². The van der Waals surface area contributed by atoms with Gasteiger partial charge in [-0.25, -0.2) is 0 Å². The standard InChI is InChI=1S/C30H61NO4/c1-3-5-7-9-11-13-15-17-19-21-23-25-29(34)31-27(26-32)30(35)28(33)24-22-20-18-16-14-12-10-8-6-4-2/h27-28,30,32-33,35H,3-26H2,1-2H3,(H,31,34)/t27-,28+,30-/m0/s1. The molecule has 0 saturated carbocycles. The highest BCUT2D eigenvalue weighted by Gasteiger charge is 2.26. The molecule has 5 heteroatoms. The van der Waals surface area contributed by atoms with Crippen molar-refractivity contribution in [3.8, 4) is 0 Å². The van der Waals surface area contributed by atoms with Crippen LogP contribution in [0.1, 0.15) is 162 Å². The SMILES string of the molecule is CCCCCCCCCCCCCC(=O)N[C@@H](CO)[C@H](O)[C@H](O)CCCCCCCCCCCC. The van der Waals surface area contributed by atoms with Crippen molar-refractivity contribution in [1.82, 2.24) is 5.32 Å². The largest absolute Gasteiger partial charge is 0.394 e. The molecule has 3 atom stereocenters. The van der Waals surface area contributed by atoms with E-state index in [2.05, 4.69) is 19.2 Å². The topological polar surface area (TPSA) is 89.8 Å². The van der Waals surface area contributed by atoms with E-state index in [4.69, 9.17) is 0 Å². The van der Waals surface area contributed by atoms with E-state index in [-0.39, 0.29) is 12.5 Å². The van der Waals surface area contributed by atoms with Crippen molar-refractivity contribution in [3.63, 3.8) is 0 Å². The minimum atomic E-state index is -1.13. The summed E-state index contributed by atoms with van der Waals surface area (Å²) in [5, 5.41) is 33.1. The summed E-state index contributed by atoms with van der Waals surface area (Å²) in [4.78, 5) is 12.2. The van der Waals surface area contributed by atoms with Gasteiger partial charge in [0.05, 0.1) is 18.8 Å². The van der Waals surface area contributed by atoms with Gasteiger partial charge >= 0.3 is 0 Å². The van der Waals surface area contributed by atoms with E-state index in [9.17, 15) is 20.1 Å². The Labute approximate surface area is 217 Å². The van der Waals surface area contributed by atoms with Crippen LogP contribution in [0.3, 0.4) is 0 Å². The maximum Gasteiger partial charge on any atom is 0.220 e. The highest BCUT2D eigenvalue weighted by atomic mass is 16.3. The van der Waals surface area contributed by atoms with Gasteiger partial charge in [-0.3, -0.25) is 4.79 Å². The first-order chi connectivity index (χ1) is 17.1. The number of aliphatic hydroxyl groups is 3. The summed E-state index contributed by atoms with van der Waals surface area (Å²) in [6.45, 7) is 4.12. The van der Waals surface area contributed by atoms with Gasteiger partial charge in [0, 0.05) is 6.42 Å². The Balaban J connectivity index is 3.75. The number of nitrogens with one attached hydrogen (secondary N) is 1. The molecule has 0 fully saturated rings. The summed E-state index contributed by atoms with van der Waals surface area (Å²) >= 11 is 0. The lowest BCUT2D eigenvalue weighted by Crippen LogP contribution is -2.50. The molecule has 5 nitrogen and oxygen atoms in total. The molecule has 0 bridgehead atoms. The van der Waals surface area contributed by atoms with Gasteiger partial charge in [-0.05, 0) is 12.8 Å². The molecule has 0 aromatic rings. The van der Waals surface area contributed by atoms with Crippen LogP contribution in [0, 0.1) is 0 Å². The van der Waals surface area contributed by atoms with Crippen LogP contribution < -0.4 is 5.32 Å². The van der Waals surface area contributed by atoms with E-state index in [0.29, 0.717) is 12.8 Å². The van der Waals surface area contributed by atoms with Crippen molar-refractivity contribution in [2.45, 2.75) is 180 Å². The Morgan fingerprint density at radius 3 is 1.37 bits per heavy atom. The Hall–Kier alpha value is -0.650. The van der Waals surface area contributed by atoms with Crippen LogP contribution in [0.15, 0.2) is 0 Å². The number of unbranched alkanes of at least 4 members (excludes halogenated alkanes) is 19. The molecule has 210 valence electrons. The van der Waals surface area contributed by atoms with E-state index in [1.807, 2.05) is 0 Å². The minimum absolute atomic E-state index is 0.148. The molecule has 0 heterocycles. The second-order valence-electron chi connectivity index (χ2n) is 10.7. The minimum Gasteiger partial charge on any atom is -0.394 e. The van der Waals surface area contributed by atoms with E-state index < -0.39 is 18.2 Å². The number of aliphatic hydroxyl groups excluding tert-OH is 3. The molecule has 0 radical (unpaired) electrons. The second-order valence-corrected chi connectivity index (χ2v) is 10.7. The van der Waals surface area contributed by atoms with E-state index in [0.717, 1.165) is 38.5 Å². The first-order valence-corrected chi connectivity index (χ1v) is 15.3. The molecule has 35 heavy (non-hydrogen) atoms. The van der Waals surface area contributed by atoms with Gasteiger partial charge < -0.3 is 20.6 Å². The number of carbonyl (C=O) groups excluding carboxylic acids is 1. The number of amides is 1. The van der Waals surface area contributed by atoms with Gasteiger partial charge in [-0.1, -0.05) is 142 Å². The summed E-state index contributed by atoms with van der Waals surface area (Å²) in [7, 11) is 0. The molecule has 0 rings (SSSR count). The monoisotopic (exact) mass is 499 g/mol. The first-order valence-electron chi connectivity index (χ1n) is 15.3. The van der Waals surface area contributed by atoms with Crippen molar-refractivity contribution in [2.75, 3.05) is 6.61 Å². The third kappa shape index (κ3) is 22.3. The zero-order valence-corrected chi connectivity index (χ0v) is 23.5. The molecule has 0 aliphatic heterocycles. The molecule has 0 saturated heterocycles. The Bertz CT molecular complexity index is 446. The van der Waals surface area contributed by atoms with E-state index in [1.165, 1.54) is 96.3 Å². The van der Waals surface area contributed by atoms with Crippen LogP contribution in [0.25, 0.3) is 0 Å². The summed E-state index contributed by atoms with van der Waals surface area (Å²) in [5.41, 5.74) is 0. The lowest BCUT2D eigenvalue weighted by molar-refractivity contribution is -0.124. The molecule has 0 unspecified atom stereocenters. The maximum atomic E-state index is 12.2. The average Bonchev–Trinajstić information content (AvgIpc) is 2.86. The van der Waals surface area contributed by atoms with Gasteiger partial charge in [-0.2, -0.15) is 0 Å². The fraction of sp³-hybridized carbons (Fsp3) is 0.967. The van der Waals surface area contributed by atoms with Gasteiger partial charge in [0.15, 0.2) is 0 Å². The van der Waals surface area contributed by atoms with Gasteiger partial charge in [0.2, 0.25) is 5.91 Å². The van der Waals surface area contributed by atoms with Crippen LogP contribution in [0.5, 0.6) is 0 Å². The van der Waals surface area contributed by atoms with Crippen LogP contribution in [-0.4, -0.2) is 46.1 Å². The molecule has 0 spiro atoms. The fourth-order valence-corrected chi connectivity index (χ4v) is 4.75. The number of hydrogen-bond acceptors (Lipinski definition) is 4. The van der Waals surface area contributed by atoms with Crippen molar-refractivity contribution in [1.29, 1.82) is 0 Å². The van der Waals surface area contributed by atoms with Crippen molar-refractivity contribution in [2.24, 2.45) is 0 Å². The van der Waals surface area contributed by atoms with Gasteiger partial charge in [0.25, 0.3) is 0 Å². The molecule has 0 aliphatic carbocycles. The number of hydrogen-bond donors (Lipinski definition) is 4. The third-order valence-corrected chi connectivity index (χ3v) is 7.21. The van der Waals surface area contributed by atoms with Crippen molar-refractivity contribution < 1.29 is 20.1 Å². The molecular weight excluding hydrogens is 438 g/mol. The zero-order chi connectivity index (χ0) is 26.0. The van der Waals surface area contributed by atoms with E-state index in [1.54, 1.807) is 0 Å². The Morgan fingerprint density at radius 1 is 0.600 bits per heavy atom. The highest BCUT2D eigenvalue weighted by Crippen LogP contribution is 2.15. The molecule has 0 aliphatic rings. The summed E-state index contributed by atoms with van der Waals surface area (Å²) < 4.78 is 0. The average molecular weight is 500 g/mol. The summed E-state index contributed by atoms with van der Waals surface area (Å²) in [5.74, 6) is -0.148. The summed E-state index contributed by atoms with van der Waals surface area (Å²) in [6.07, 6.45) is 24.7. The number of carbonyl (C=O) groups is 1. The van der Waals surface area contributed by atoms with Gasteiger partial charge in [-0.15, -0.1) is 0 Å². The Morgan fingerprint density at radius 2 is 0.971 bits per heavy atom. The van der Waals surface area contributed by atoms with Crippen molar-refractivity contribution in [3.05, 3.63) is 0 Å². The van der Waals surface area contributed by atoms with Gasteiger partial charge in [0.1, 0.15) is 6.10 Å². The smallest absolute Gasteiger partial charge is 0.220 e. The summed E-state index contributed by atoms with van der Waals surface area (Å²) in [6, 6.07) is -0.798. The predicted octanol–water partition coefficient (Wildman–Crippen LogP) is 7.20. The molecule has 0 aromatic heterocycles. The lowest BCUT2D eigenvalue weighted by atomic mass is 9.99. The van der Waals surface area contributed by atoms with Crippen molar-refractivity contribution >= 4 is 5.91 Å². The third-order valence-electron chi connectivity index (χ3n) is 7.21. The predicted molar refractivity (Wildman–Crippen MR) is 149 cm³/mol. The van der Waals surface area contributed by atoms with Crippen LogP contribution in [-0.2, 0) is 4.79 Å². The Kier molecular flexibility index (Phi) is 25.9.